The molecule has 0 aromatic carbocycles. The molecule has 0 amide bonds. The number of aromatic nitrogens is 3. The van der Waals surface area contributed by atoms with Gasteiger partial charge in [-0.05, 0) is 19.9 Å². The molecule has 68 valence electrons. The van der Waals surface area contributed by atoms with E-state index in [4.69, 9.17) is 0 Å². The Morgan fingerprint density at radius 2 is 2.38 bits per heavy atom. The van der Waals surface area contributed by atoms with E-state index in [1.54, 1.807) is 6.20 Å². The zero-order valence-electron chi connectivity index (χ0n) is 7.76. The number of nitrogens with one attached hydrogen (secondary N) is 2. The Morgan fingerprint density at radius 3 is 3.15 bits per heavy atom. The lowest BCUT2D eigenvalue weighted by Crippen LogP contribution is -1.99. The van der Waals surface area contributed by atoms with Crippen LogP contribution in [0, 0.1) is 6.92 Å². The molecule has 0 aliphatic carbocycles. The first-order chi connectivity index (χ1) is 6.33. The standard InChI is InChI=1S/C9H12N4/c1-3-10-9-8-6(2)12-13-7(8)4-5-11-9/h4-5H,3H2,1-2H3,(H,10,11)(H,12,13). The van der Waals surface area contributed by atoms with Gasteiger partial charge in [0.05, 0.1) is 10.9 Å². The maximum absolute atomic E-state index is 4.26. The molecular formula is C9H12N4. The van der Waals surface area contributed by atoms with Gasteiger partial charge in [-0.25, -0.2) is 4.98 Å². The highest BCUT2D eigenvalue weighted by Crippen LogP contribution is 2.21. The fourth-order valence-electron chi connectivity index (χ4n) is 1.42. The van der Waals surface area contributed by atoms with Crippen LogP contribution in [0.2, 0.25) is 0 Å². The Labute approximate surface area is 76.4 Å². The third kappa shape index (κ3) is 1.24. The predicted octanol–water partition coefficient (Wildman–Crippen LogP) is 1.70. The highest BCUT2D eigenvalue weighted by atomic mass is 15.1. The fourth-order valence-corrected chi connectivity index (χ4v) is 1.42. The van der Waals surface area contributed by atoms with Crippen LogP contribution in [0.15, 0.2) is 12.3 Å². The smallest absolute Gasteiger partial charge is 0.137 e. The quantitative estimate of drug-likeness (QED) is 0.732. The number of H-pyrrole nitrogens is 1. The molecule has 4 nitrogen and oxygen atoms in total. The number of rotatable bonds is 2. The zero-order chi connectivity index (χ0) is 9.26. The fraction of sp³-hybridized carbons (Fsp3) is 0.333. The van der Waals surface area contributed by atoms with Gasteiger partial charge in [-0.1, -0.05) is 0 Å². The van der Waals surface area contributed by atoms with Gasteiger partial charge in [0.25, 0.3) is 0 Å². The summed E-state index contributed by atoms with van der Waals surface area (Å²) in [6.07, 6.45) is 1.76. The topological polar surface area (TPSA) is 53.6 Å². The van der Waals surface area contributed by atoms with Crippen LogP contribution in [0.1, 0.15) is 12.6 Å². The number of aromatic amines is 1. The van der Waals surface area contributed by atoms with Gasteiger partial charge in [-0.15, -0.1) is 0 Å². The molecule has 2 rings (SSSR count). The molecule has 13 heavy (non-hydrogen) atoms. The number of fused-ring (bicyclic) bond motifs is 1. The summed E-state index contributed by atoms with van der Waals surface area (Å²) in [5.41, 5.74) is 2.02. The summed E-state index contributed by atoms with van der Waals surface area (Å²) < 4.78 is 0. The van der Waals surface area contributed by atoms with Crippen LogP contribution in [-0.4, -0.2) is 21.7 Å². The van der Waals surface area contributed by atoms with E-state index in [1.165, 1.54) is 0 Å². The predicted molar refractivity (Wildman–Crippen MR) is 52.8 cm³/mol. The van der Waals surface area contributed by atoms with Gasteiger partial charge in [-0.2, -0.15) is 5.10 Å². The van der Waals surface area contributed by atoms with E-state index in [1.807, 2.05) is 13.0 Å². The summed E-state index contributed by atoms with van der Waals surface area (Å²) in [4.78, 5) is 4.26. The molecule has 0 atom stereocenters. The largest absolute Gasteiger partial charge is 0.370 e. The molecule has 2 aromatic heterocycles. The summed E-state index contributed by atoms with van der Waals surface area (Å²) in [7, 11) is 0. The van der Waals surface area contributed by atoms with Crippen molar-refractivity contribution in [3.05, 3.63) is 18.0 Å². The minimum Gasteiger partial charge on any atom is -0.370 e. The van der Waals surface area contributed by atoms with Crippen molar-refractivity contribution in [3.63, 3.8) is 0 Å². The molecule has 2 heterocycles. The van der Waals surface area contributed by atoms with E-state index in [9.17, 15) is 0 Å². The first-order valence-electron chi connectivity index (χ1n) is 4.36. The normalized spacial score (nSPS) is 10.6. The molecular weight excluding hydrogens is 164 g/mol. The first-order valence-corrected chi connectivity index (χ1v) is 4.36. The van der Waals surface area contributed by atoms with E-state index in [2.05, 4.69) is 27.4 Å². The second-order valence-electron chi connectivity index (χ2n) is 2.93. The van der Waals surface area contributed by atoms with Gasteiger partial charge in [0, 0.05) is 18.4 Å². The van der Waals surface area contributed by atoms with Crippen molar-refractivity contribution in [1.82, 2.24) is 15.2 Å². The van der Waals surface area contributed by atoms with Crippen LogP contribution >= 0.6 is 0 Å². The minimum atomic E-state index is 0.872. The molecule has 0 aliphatic rings. The van der Waals surface area contributed by atoms with Gasteiger partial charge in [0.1, 0.15) is 5.82 Å². The van der Waals surface area contributed by atoms with Crippen LogP contribution in [0.4, 0.5) is 5.82 Å². The summed E-state index contributed by atoms with van der Waals surface area (Å²) in [6.45, 7) is 4.92. The van der Waals surface area contributed by atoms with Crippen molar-refractivity contribution in [1.29, 1.82) is 0 Å². The average molecular weight is 176 g/mol. The van der Waals surface area contributed by atoms with Gasteiger partial charge in [-0.3, -0.25) is 5.10 Å². The molecule has 0 fully saturated rings. The van der Waals surface area contributed by atoms with E-state index < -0.39 is 0 Å². The molecule has 0 saturated carbocycles. The molecule has 0 saturated heterocycles. The van der Waals surface area contributed by atoms with Gasteiger partial charge < -0.3 is 5.32 Å². The molecule has 2 aromatic rings. The van der Waals surface area contributed by atoms with Gasteiger partial charge >= 0.3 is 0 Å². The van der Waals surface area contributed by atoms with Crippen molar-refractivity contribution in [2.24, 2.45) is 0 Å². The van der Waals surface area contributed by atoms with Crippen LogP contribution in [0.3, 0.4) is 0 Å². The average Bonchev–Trinajstić information content (AvgIpc) is 2.50. The number of anilines is 1. The summed E-state index contributed by atoms with van der Waals surface area (Å²) in [5.74, 6) is 0.909. The second-order valence-corrected chi connectivity index (χ2v) is 2.93. The van der Waals surface area contributed by atoms with Gasteiger partial charge in [0.15, 0.2) is 0 Å². The Bertz CT molecular complexity index is 418. The zero-order valence-corrected chi connectivity index (χ0v) is 7.76. The highest BCUT2D eigenvalue weighted by molar-refractivity contribution is 5.91. The van der Waals surface area contributed by atoms with Crippen LogP contribution < -0.4 is 5.32 Å². The Hall–Kier alpha value is -1.58. The second kappa shape index (κ2) is 3.05. The van der Waals surface area contributed by atoms with E-state index in [0.717, 1.165) is 29.0 Å². The molecule has 0 bridgehead atoms. The van der Waals surface area contributed by atoms with Gasteiger partial charge in [0.2, 0.25) is 0 Å². The summed E-state index contributed by atoms with van der Waals surface area (Å²) >= 11 is 0. The van der Waals surface area contributed by atoms with Crippen molar-refractivity contribution in [2.45, 2.75) is 13.8 Å². The van der Waals surface area contributed by atoms with Crippen LogP contribution in [-0.2, 0) is 0 Å². The van der Waals surface area contributed by atoms with E-state index in [-0.39, 0.29) is 0 Å². The molecule has 2 N–H and O–H groups in total. The van der Waals surface area contributed by atoms with Crippen molar-refractivity contribution in [3.8, 4) is 0 Å². The molecule has 0 radical (unpaired) electrons. The molecule has 0 aliphatic heterocycles. The maximum atomic E-state index is 4.26. The third-order valence-corrected chi connectivity index (χ3v) is 1.99. The number of hydrogen-bond acceptors (Lipinski definition) is 3. The molecule has 0 spiro atoms. The minimum absolute atomic E-state index is 0.872. The Balaban J connectivity index is 2.65. The molecule has 4 heteroatoms. The van der Waals surface area contributed by atoms with Crippen molar-refractivity contribution < 1.29 is 0 Å². The van der Waals surface area contributed by atoms with Crippen molar-refractivity contribution >= 4 is 16.7 Å². The first kappa shape index (κ1) is 8.04. The number of nitrogens with zero attached hydrogens (tertiary/aromatic N) is 2. The lowest BCUT2D eigenvalue weighted by Gasteiger charge is -2.02. The van der Waals surface area contributed by atoms with Crippen LogP contribution in [0.25, 0.3) is 10.9 Å². The van der Waals surface area contributed by atoms with E-state index >= 15 is 0 Å². The van der Waals surface area contributed by atoms with Crippen LogP contribution in [0.5, 0.6) is 0 Å². The number of aryl methyl sites for hydroxylation is 1. The van der Waals surface area contributed by atoms with Crippen molar-refractivity contribution in [2.75, 3.05) is 11.9 Å². The number of hydrogen-bond donors (Lipinski definition) is 2. The monoisotopic (exact) mass is 176 g/mol. The lowest BCUT2D eigenvalue weighted by atomic mass is 10.2. The Kier molecular flexibility index (Phi) is 1.88. The summed E-state index contributed by atoms with van der Waals surface area (Å²) in [5, 5.41) is 11.4. The van der Waals surface area contributed by atoms with E-state index in [0.29, 0.717) is 0 Å². The highest BCUT2D eigenvalue weighted by Gasteiger charge is 2.06. The summed E-state index contributed by atoms with van der Waals surface area (Å²) in [6, 6.07) is 1.90. The lowest BCUT2D eigenvalue weighted by molar-refractivity contribution is 1.07. The SMILES string of the molecule is CCNc1nccc2n[nH]c(C)c12. The Morgan fingerprint density at radius 1 is 1.54 bits per heavy atom. The third-order valence-electron chi connectivity index (χ3n) is 1.99. The maximum Gasteiger partial charge on any atom is 0.137 e. The number of pyridine rings is 1. The molecule has 0 unspecified atom stereocenters.